The predicted octanol–water partition coefficient (Wildman–Crippen LogP) is 1.24. The Hall–Kier alpha value is 0.230. The van der Waals surface area contributed by atoms with E-state index in [9.17, 15) is 5.11 Å². The molecule has 0 amide bonds. The summed E-state index contributed by atoms with van der Waals surface area (Å²) in [4.78, 5) is 0. The molecule has 0 rings (SSSR count). The Kier molecular flexibility index (Phi) is 9.60. The number of nitrogens with one attached hydrogen (secondary N) is 1. The van der Waals surface area contributed by atoms with E-state index in [0.29, 0.717) is 17.0 Å². The standard InChI is InChI=1S/C11H25NO2S/c1-4-6-12-11(5-2)9(3)15-8-10(14)7-13/h9-14H,4-8H2,1-3H3. The van der Waals surface area contributed by atoms with Crippen LogP contribution < -0.4 is 5.32 Å². The van der Waals surface area contributed by atoms with Crippen molar-refractivity contribution in [3.63, 3.8) is 0 Å². The zero-order chi connectivity index (χ0) is 11.7. The topological polar surface area (TPSA) is 52.5 Å². The summed E-state index contributed by atoms with van der Waals surface area (Å²) in [5, 5.41) is 21.9. The molecule has 3 nitrogen and oxygen atoms in total. The lowest BCUT2D eigenvalue weighted by Crippen LogP contribution is -2.37. The van der Waals surface area contributed by atoms with E-state index >= 15 is 0 Å². The number of hydrogen-bond acceptors (Lipinski definition) is 4. The maximum Gasteiger partial charge on any atom is 0.0861 e. The number of hydrogen-bond donors (Lipinski definition) is 3. The molecule has 0 aliphatic rings. The molecule has 3 unspecified atom stereocenters. The van der Waals surface area contributed by atoms with Crippen molar-refractivity contribution >= 4 is 11.8 Å². The number of aliphatic hydroxyl groups excluding tert-OH is 2. The van der Waals surface area contributed by atoms with Crippen molar-refractivity contribution in [1.29, 1.82) is 0 Å². The van der Waals surface area contributed by atoms with Crippen LogP contribution in [0, 0.1) is 0 Å². The molecule has 0 aliphatic carbocycles. The lowest BCUT2D eigenvalue weighted by atomic mass is 10.1. The van der Waals surface area contributed by atoms with Crippen LogP contribution in [0.25, 0.3) is 0 Å². The lowest BCUT2D eigenvalue weighted by molar-refractivity contribution is 0.113. The third-order valence-corrected chi connectivity index (χ3v) is 3.86. The molecule has 0 aromatic rings. The van der Waals surface area contributed by atoms with Gasteiger partial charge >= 0.3 is 0 Å². The van der Waals surface area contributed by atoms with E-state index in [-0.39, 0.29) is 6.61 Å². The van der Waals surface area contributed by atoms with Crippen LogP contribution in [0.1, 0.15) is 33.6 Å². The minimum Gasteiger partial charge on any atom is -0.394 e. The van der Waals surface area contributed by atoms with E-state index in [2.05, 4.69) is 26.1 Å². The second kappa shape index (κ2) is 9.46. The first kappa shape index (κ1) is 15.2. The predicted molar refractivity (Wildman–Crippen MR) is 67.4 cm³/mol. The Bertz CT molecular complexity index is 147. The van der Waals surface area contributed by atoms with Crippen LogP contribution in [0.5, 0.6) is 0 Å². The van der Waals surface area contributed by atoms with Gasteiger partial charge in [0.15, 0.2) is 0 Å². The summed E-state index contributed by atoms with van der Waals surface area (Å²) in [5.74, 6) is 0.613. The minimum absolute atomic E-state index is 0.140. The molecular formula is C11H25NO2S. The zero-order valence-electron chi connectivity index (χ0n) is 10.1. The van der Waals surface area contributed by atoms with Crippen molar-refractivity contribution in [2.75, 3.05) is 18.9 Å². The molecule has 0 spiro atoms. The first-order valence-corrected chi connectivity index (χ1v) is 6.84. The van der Waals surface area contributed by atoms with Crippen LogP contribution in [0.4, 0.5) is 0 Å². The summed E-state index contributed by atoms with van der Waals surface area (Å²) < 4.78 is 0. The Labute approximate surface area is 97.7 Å². The molecule has 0 radical (unpaired) electrons. The maximum atomic E-state index is 9.25. The molecule has 0 heterocycles. The smallest absolute Gasteiger partial charge is 0.0861 e. The van der Waals surface area contributed by atoms with Crippen molar-refractivity contribution in [2.24, 2.45) is 0 Å². The fourth-order valence-electron chi connectivity index (χ4n) is 1.40. The van der Waals surface area contributed by atoms with Crippen molar-refractivity contribution in [3.8, 4) is 0 Å². The molecule has 15 heavy (non-hydrogen) atoms. The van der Waals surface area contributed by atoms with Crippen molar-refractivity contribution in [2.45, 2.75) is 51.0 Å². The van der Waals surface area contributed by atoms with E-state index in [4.69, 9.17) is 5.11 Å². The molecule has 4 heteroatoms. The number of aliphatic hydroxyl groups is 2. The average Bonchev–Trinajstić information content (AvgIpc) is 2.26. The maximum absolute atomic E-state index is 9.25. The molecule has 0 bridgehead atoms. The summed E-state index contributed by atoms with van der Waals surface area (Å²) >= 11 is 1.72. The molecule has 3 N–H and O–H groups in total. The summed E-state index contributed by atoms with van der Waals surface area (Å²) in [7, 11) is 0. The molecular weight excluding hydrogens is 210 g/mol. The molecule has 92 valence electrons. The molecule has 0 fully saturated rings. The summed E-state index contributed by atoms with van der Waals surface area (Å²) in [6.45, 7) is 7.41. The van der Waals surface area contributed by atoms with Gasteiger partial charge in [-0.3, -0.25) is 0 Å². The van der Waals surface area contributed by atoms with Crippen LogP contribution >= 0.6 is 11.8 Å². The Balaban J connectivity index is 3.76. The third kappa shape index (κ3) is 7.17. The van der Waals surface area contributed by atoms with Crippen LogP contribution in [0.15, 0.2) is 0 Å². The van der Waals surface area contributed by atoms with Crippen molar-refractivity contribution < 1.29 is 10.2 Å². The van der Waals surface area contributed by atoms with Gasteiger partial charge in [-0.05, 0) is 19.4 Å². The Morgan fingerprint density at radius 1 is 1.33 bits per heavy atom. The van der Waals surface area contributed by atoms with Crippen LogP contribution in [0.3, 0.4) is 0 Å². The van der Waals surface area contributed by atoms with Gasteiger partial charge in [-0.15, -0.1) is 0 Å². The fraction of sp³-hybridized carbons (Fsp3) is 1.00. The van der Waals surface area contributed by atoms with E-state index in [0.717, 1.165) is 19.4 Å². The van der Waals surface area contributed by atoms with E-state index < -0.39 is 6.10 Å². The highest BCUT2D eigenvalue weighted by Gasteiger charge is 2.16. The highest BCUT2D eigenvalue weighted by molar-refractivity contribution is 7.99. The van der Waals surface area contributed by atoms with E-state index in [1.54, 1.807) is 11.8 Å². The monoisotopic (exact) mass is 235 g/mol. The van der Waals surface area contributed by atoms with Crippen LogP contribution in [0.2, 0.25) is 0 Å². The first-order valence-electron chi connectivity index (χ1n) is 5.79. The normalized spacial score (nSPS) is 17.4. The number of thioether (sulfide) groups is 1. The molecule has 0 saturated carbocycles. The molecule has 0 aromatic heterocycles. The van der Waals surface area contributed by atoms with Crippen molar-refractivity contribution in [1.82, 2.24) is 5.32 Å². The minimum atomic E-state index is -0.582. The lowest BCUT2D eigenvalue weighted by Gasteiger charge is -2.24. The highest BCUT2D eigenvalue weighted by Crippen LogP contribution is 2.17. The van der Waals surface area contributed by atoms with Gasteiger partial charge in [-0.25, -0.2) is 0 Å². The van der Waals surface area contributed by atoms with Gasteiger partial charge in [-0.2, -0.15) is 11.8 Å². The largest absolute Gasteiger partial charge is 0.394 e. The van der Waals surface area contributed by atoms with Crippen LogP contribution in [-0.4, -0.2) is 46.5 Å². The van der Waals surface area contributed by atoms with Crippen molar-refractivity contribution in [3.05, 3.63) is 0 Å². The van der Waals surface area contributed by atoms with Gasteiger partial charge in [0.25, 0.3) is 0 Å². The fourth-order valence-corrected chi connectivity index (χ4v) is 2.56. The highest BCUT2D eigenvalue weighted by atomic mass is 32.2. The molecule has 3 atom stereocenters. The number of rotatable bonds is 9. The quantitative estimate of drug-likeness (QED) is 0.563. The Morgan fingerprint density at radius 3 is 2.47 bits per heavy atom. The molecule has 0 saturated heterocycles. The van der Waals surface area contributed by atoms with Gasteiger partial charge in [0.1, 0.15) is 0 Å². The summed E-state index contributed by atoms with van der Waals surface area (Å²) in [5.41, 5.74) is 0. The molecule has 0 aliphatic heterocycles. The SMILES string of the molecule is CCCNC(CC)C(C)SCC(O)CO. The third-order valence-electron chi connectivity index (χ3n) is 2.43. The van der Waals surface area contributed by atoms with E-state index in [1.807, 2.05) is 0 Å². The van der Waals surface area contributed by atoms with Gasteiger partial charge in [0.05, 0.1) is 12.7 Å². The summed E-state index contributed by atoms with van der Waals surface area (Å²) in [6.07, 6.45) is 1.66. The summed E-state index contributed by atoms with van der Waals surface area (Å²) in [6, 6.07) is 0.501. The first-order chi connectivity index (χ1) is 7.15. The molecule has 0 aromatic carbocycles. The van der Waals surface area contributed by atoms with Gasteiger partial charge in [-0.1, -0.05) is 20.8 Å². The van der Waals surface area contributed by atoms with E-state index in [1.165, 1.54) is 0 Å². The van der Waals surface area contributed by atoms with Gasteiger partial charge in [0.2, 0.25) is 0 Å². The Morgan fingerprint density at radius 2 is 2.00 bits per heavy atom. The van der Waals surface area contributed by atoms with Crippen LogP contribution in [-0.2, 0) is 0 Å². The zero-order valence-corrected chi connectivity index (χ0v) is 10.9. The van der Waals surface area contributed by atoms with Gasteiger partial charge in [0, 0.05) is 17.0 Å². The second-order valence-corrected chi connectivity index (χ2v) is 5.25. The second-order valence-electron chi connectivity index (χ2n) is 3.84. The average molecular weight is 235 g/mol. The van der Waals surface area contributed by atoms with Gasteiger partial charge < -0.3 is 15.5 Å².